The molecule has 0 aliphatic heterocycles. The second-order valence-corrected chi connectivity index (χ2v) is 5.67. The number of hydrogen-bond donors (Lipinski definition) is 1. The number of aromatic nitrogens is 3. The molecule has 0 radical (unpaired) electrons. The van der Waals surface area contributed by atoms with E-state index in [1.807, 2.05) is 13.8 Å². The van der Waals surface area contributed by atoms with Crippen LogP contribution in [0.1, 0.15) is 23.0 Å². The van der Waals surface area contributed by atoms with E-state index in [0.29, 0.717) is 22.7 Å². The Balaban J connectivity index is 2.14. The van der Waals surface area contributed by atoms with Crippen molar-refractivity contribution in [1.82, 2.24) is 14.5 Å². The van der Waals surface area contributed by atoms with Crippen LogP contribution in [0.2, 0.25) is 0 Å². The van der Waals surface area contributed by atoms with Gasteiger partial charge in [-0.1, -0.05) is 0 Å². The SMILES string of the molecule is CCn1cc(C(=O)Nc2nccs2)c(=O)c2ccc(C)nc21. The standard InChI is InChI=1S/C15H14N4O2S/c1-3-19-8-11(14(21)18-15-16-6-7-22-15)12(20)10-5-4-9(2)17-13(10)19/h4-8H,3H2,1-2H3,(H,16,18,21). The second-order valence-electron chi connectivity index (χ2n) is 4.77. The topological polar surface area (TPSA) is 76.9 Å². The highest BCUT2D eigenvalue weighted by Gasteiger charge is 2.16. The molecule has 3 aromatic heterocycles. The quantitative estimate of drug-likeness (QED) is 0.805. The summed E-state index contributed by atoms with van der Waals surface area (Å²) in [6.07, 6.45) is 3.15. The Labute approximate surface area is 130 Å². The minimum absolute atomic E-state index is 0.0928. The van der Waals surface area contributed by atoms with Crippen molar-refractivity contribution in [3.05, 3.63) is 51.4 Å². The minimum atomic E-state index is -0.454. The van der Waals surface area contributed by atoms with E-state index in [4.69, 9.17) is 0 Å². The van der Waals surface area contributed by atoms with Crippen LogP contribution in [-0.4, -0.2) is 20.4 Å². The minimum Gasteiger partial charge on any atom is -0.332 e. The van der Waals surface area contributed by atoms with Crippen LogP contribution in [0.4, 0.5) is 5.13 Å². The van der Waals surface area contributed by atoms with Gasteiger partial charge in [0, 0.05) is 30.0 Å². The molecule has 3 rings (SSSR count). The zero-order valence-corrected chi connectivity index (χ0v) is 13.0. The van der Waals surface area contributed by atoms with Crippen molar-refractivity contribution in [2.24, 2.45) is 0 Å². The number of carbonyl (C=O) groups is 1. The zero-order chi connectivity index (χ0) is 15.7. The first kappa shape index (κ1) is 14.4. The van der Waals surface area contributed by atoms with Crippen molar-refractivity contribution >= 4 is 33.4 Å². The molecule has 112 valence electrons. The smallest absolute Gasteiger partial charge is 0.262 e. The molecule has 22 heavy (non-hydrogen) atoms. The van der Waals surface area contributed by atoms with E-state index < -0.39 is 5.91 Å². The number of rotatable bonds is 3. The predicted octanol–water partition coefficient (Wildman–Crippen LogP) is 2.43. The molecule has 0 aliphatic carbocycles. The average Bonchev–Trinajstić information content (AvgIpc) is 3.00. The van der Waals surface area contributed by atoms with E-state index >= 15 is 0 Å². The maximum atomic E-state index is 12.5. The average molecular weight is 314 g/mol. The van der Waals surface area contributed by atoms with Crippen molar-refractivity contribution in [2.45, 2.75) is 20.4 Å². The molecule has 3 aromatic rings. The lowest BCUT2D eigenvalue weighted by Crippen LogP contribution is -2.24. The predicted molar refractivity (Wildman–Crippen MR) is 86.5 cm³/mol. The van der Waals surface area contributed by atoms with Gasteiger partial charge in [-0.25, -0.2) is 9.97 Å². The van der Waals surface area contributed by atoms with Gasteiger partial charge in [-0.2, -0.15) is 0 Å². The maximum absolute atomic E-state index is 12.5. The lowest BCUT2D eigenvalue weighted by molar-refractivity contribution is 0.102. The largest absolute Gasteiger partial charge is 0.332 e. The first-order valence-corrected chi connectivity index (χ1v) is 7.69. The third-order valence-electron chi connectivity index (χ3n) is 3.30. The number of aryl methyl sites for hydroxylation is 2. The first-order chi connectivity index (χ1) is 10.6. The van der Waals surface area contributed by atoms with E-state index in [0.717, 1.165) is 5.69 Å². The summed E-state index contributed by atoms with van der Waals surface area (Å²) in [5.74, 6) is -0.454. The molecule has 1 N–H and O–H groups in total. The summed E-state index contributed by atoms with van der Waals surface area (Å²) in [4.78, 5) is 33.3. The van der Waals surface area contributed by atoms with Crippen molar-refractivity contribution in [3.8, 4) is 0 Å². The number of pyridine rings is 2. The van der Waals surface area contributed by atoms with Crippen LogP contribution in [0.15, 0.2) is 34.7 Å². The number of carbonyl (C=O) groups excluding carboxylic acids is 1. The van der Waals surface area contributed by atoms with E-state index in [9.17, 15) is 9.59 Å². The maximum Gasteiger partial charge on any atom is 0.262 e. The van der Waals surface area contributed by atoms with Gasteiger partial charge < -0.3 is 4.57 Å². The Bertz CT molecular complexity index is 900. The molecule has 0 bridgehead atoms. The number of nitrogens with zero attached hydrogens (tertiary/aromatic N) is 3. The van der Waals surface area contributed by atoms with Gasteiger partial charge in [0.15, 0.2) is 5.13 Å². The fourth-order valence-corrected chi connectivity index (χ4v) is 2.74. The number of amides is 1. The summed E-state index contributed by atoms with van der Waals surface area (Å²) >= 11 is 1.30. The molecule has 0 aliphatic rings. The molecule has 3 heterocycles. The summed E-state index contributed by atoms with van der Waals surface area (Å²) in [5.41, 5.74) is 1.20. The lowest BCUT2D eigenvalue weighted by Gasteiger charge is -2.10. The van der Waals surface area contributed by atoms with Gasteiger partial charge in [-0.15, -0.1) is 11.3 Å². The molecule has 0 aromatic carbocycles. The number of anilines is 1. The Morgan fingerprint density at radius 1 is 1.41 bits per heavy atom. The molecule has 0 unspecified atom stereocenters. The molecule has 0 atom stereocenters. The van der Waals surface area contributed by atoms with Gasteiger partial charge in [-0.05, 0) is 26.0 Å². The number of hydrogen-bond acceptors (Lipinski definition) is 5. The highest BCUT2D eigenvalue weighted by Crippen LogP contribution is 2.14. The molecule has 0 spiro atoms. The van der Waals surface area contributed by atoms with Crippen LogP contribution in [0, 0.1) is 6.92 Å². The normalized spacial score (nSPS) is 10.8. The summed E-state index contributed by atoms with van der Waals surface area (Å²) < 4.78 is 1.81. The van der Waals surface area contributed by atoms with Gasteiger partial charge in [0.25, 0.3) is 5.91 Å². The summed E-state index contributed by atoms with van der Waals surface area (Å²) in [6.45, 7) is 4.42. The third-order valence-corrected chi connectivity index (χ3v) is 3.99. The fourth-order valence-electron chi connectivity index (χ4n) is 2.21. The van der Waals surface area contributed by atoms with Gasteiger partial charge >= 0.3 is 0 Å². The highest BCUT2D eigenvalue weighted by atomic mass is 32.1. The summed E-state index contributed by atoms with van der Waals surface area (Å²) in [6, 6.07) is 3.48. The Morgan fingerprint density at radius 2 is 2.23 bits per heavy atom. The molecular weight excluding hydrogens is 300 g/mol. The fraction of sp³-hybridized carbons (Fsp3) is 0.200. The van der Waals surface area contributed by atoms with Gasteiger partial charge in [0.2, 0.25) is 5.43 Å². The first-order valence-electron chi connectivity index (χ1n) is 6.81. The molecule has 6 nitrogen and oxygen atoms in total. The van der Waals surface area contributed by atoms with Crippen molar-refractivity contribution in [2.75, 3.05) is 5.32 Å². The molecule has 0 saturated carbocycles. The third kappa shape index (κ3) is 2.50. The Hall–Kier alpha value is -2.54. The highest BCUT2D eigenvalue weighted by molar-refractivity contribution is 7.13. The van der Waals surface area contributed by atoms with E-state index in [1.165, 1.54) is 11.3 Å². The summed E-state index contributed by atoms with van der Waals surface area (Å²) in [7, 11) is 0. The van der Waals surface area contributed by atoms with Crippen LogP contribution < -0.4 is 10.7 Å². The van der Waals surface area contributed by atoms with E-state index in [-0.39, 0.29) is 11.0 Å². The molecule has 1 amide bonds. The van der Waals surface area contributed by atoms with Crippen LogP contribution in [0.25, 0.3) is 11.0 Å². The summed E-state index contributed by atoms with van der Waals surface area (Å²) in [5, 5.41) is 5.31. The monoisotopic (exact) mass is 314 g/mol. The lowest BCUT2D eigenvalue weighted by atomic mass is 10.1. The molecule has 7 heteroatoms. The van der Waals surface area contributed by atoms with Gasteiger partial charge in [0.1, 0.15) is 11.2 Å². The number of nitrogens with one attached hydrogen (secondary N) is 1. The van der Waals surface area contributed by atoms with E-state index in [1.54, 1.807) is 34.5 Å². The Kier molecular flexibility index (Phi) is 3.72. The van der Waals surface area contributed by atoms with E-state index in [2.05, 4.69) is 15.3 Å². The Morgan fingerprint density at radius 3 is 2.91 bits per heavy atom. The van der Waals surface area contributed by atoms with Crippen LogP contribution in [0.5, 0.6) is 0 Å². The molecule has 0 fully saturated rings. The number of fused-ring (bicyclic) bond motifs is 1. The van der Waals surface area contributed by atoms with Crippen LogP contribution in [-0.2, 0) is 6.54 Å². The van der Waals surface area contributed by atoms with Crippen molar-refractivity contribution < 1.29 is 4.79 Å². The van der Waals surface area contributed by atoms with Crippen LogP contribution in [0.3, 0.4) is 0 Å². The van der Waals surface area contributed by atoms with Crippen molar-refractivity contribution in [3.63, 3.8) is 0 Å². The molecule has 0 saturated heterocycles. The van der Waals surface area contributed by atoms with Gasteiger partial charge in [-0.3, -0.25) is 14.9 Å². The zero-order valence-electron chi connectivity index (χ0n) is 12.2. The van der Waals surface area contributed by atoms with Crippen LogP contribution >= 0.6 is 11.3 Å². The number of thiazole rings is 1. The molecular formula is C15H14N4O2S. The van der Waals surface area contributed by atoms with Gasteiger partial charge in [0.05, 0.1) is 5.39 Å². The second kappa shape index (κ2) is 5.69. The van der Waals surface area contributed by atoms with Crippen molar-refractivity contribution in [1.29, 1.82) is 0 Å².